The molecule has 2 rings (SSSR count). The second kappa shape index (κ2) is 5.73. The van der Waals surface area contributed by atoms with Crippen molar-refractivity contribution in [2.24, 2.45) is 0 Å². The number of aromatic nitrogens is 2. The number of benzene rings is 1. The predicted molar refractivity (Wildman–Crippen MR) is 75.5 cm³/mol. The van der Waals surface area contributed by atoms with Crippen molar-refractivity contribution in [3.05, 3.63) is 40.6 Å². The molecule has 0 unspecified atom stereocenters. The van der Waals surface area contributed by atoms with Crippen LogP contribution in [0.15, 0.2) is 30.6 Å². The summed E-state index contributed by atoms with van der Waals surface area (Å²) in [6, 6.07) is 5.72. The Labute approximate surface area is 119 Å². The third-order valence-corrected chi connectivity index (χ3v) is 2.85. The predicted octanol–water partition coefficient (Wildman–Crippen LogP) is 3.01. The number of urea groups is 1. The molecular weight excluding hydrogens is 289 g/mol. The number of nitrogens with zero attached hydrogens (tertiary/aromatic N) is 2. The lowest BCUT2D eigenvalue weighted by Gasteiger charge is -2.07. The van der Waals surface area contributed by atoms with Crippen molar-refractivity contribution in [3.8, 4) is 0 Å². The van der Waals surface area contributed by atoms with E-state index in [2.05, 4.69) is 20.6 Å². The minimum Gasteiger partial charge on any atom is -0.384 e. The fourth-order valence-electron chi connectivity index (χ4n) is 1.29. The summed E-state index contributed by atoms with van der Waals surface area (Å²) in [6.07, 6.45) is 1.25. The van der Waals surface area contributed by atoms with Crippen molar-refractivity contribution in [2.45, 2.75) is 0 Å². The van der Waals surface area contributed by atoms with Crippen LogP contribution in [0.3, 0.4) is 0 Å². The van der Waals surface area contributed by atoms with Crippen molar-refractivity contribution >= 4 is 46.6 Å². The Bertz CT molecular complexity index is 620. The van der Waals surface area contributed by atoms with Gasteiger partial charge in [0.15, 0.2) is 0 Å². The molecule has 2 aromatic rings. The lowest BCUT2D eigenvalue weighted by molar-refractivity contribution is 0.262. The van der Waals surface area contributed by atoms with Crippen LogP contribution in [-0.2, 0) is 0 Å². The van der Waals surface area contributed by atoms with Crippen molar-refractivity contribution in [2.75, 3.05) is 16.4 Å². The number of amides is 2. The molecule has 0 aliphatic carbocycles. The molecule has 2 amide bonds. The largest absolute Gasteiger partial charge is 0.384 e. The molecule has 8 heteroatoms. The molecule has 0 atom stereocenters. The number of carbonyl (C=O) groups is 1. The Morgan fingerprint density at radius 3 is 2.58 bits per heavy atom. The topological polar surface area (TPSA) is 92.9 Å². The van der Waals surface area contributed by atoms with Crippen molar-refractivity contribution in [3.63, 3.8) is 0 Å². The van der Waals surface area contributed by atoms with Crippen LogP contribution in [0.25, 0.3) is 0 Å². The van der Waals surface area contributed by atoms with E-state index in [0.29, 0.717) is 21.6 Å². The normalized spacial score (nSPS) is 10.0. The van der Waals surface area contributed by atoms with E-state index >= 15 is 0 Å². The van der Waals surface area contributed by atoms with Crippen LogP contribution in [0.5, 0.6) is 0 Å². The summed E-state index contributed by atoms with van der Waals surface area (Å²) in [5, 5.41) is 5.86. The van der Waals surface area contributed by atoms with E-state index in [4.69, 9.17) is 28.9 Å². The van der Waals surface area contributed by atoms with E-state index < -0.39 is 6.03 Å². The molecule has 98 valence electrons. The summed E-state index contributed by atoms with van der Waals surface area (Å²) >= 11 is 11.6. The van der Waals surface area contributed by atoms with E-state index in [1.165, 1.54) is 18.5 Å². The fourth-order valence-corrected chi connectivity index (χ4v) is 1.59. The highest BCUT2D eigenvalue weighted by atomic mass is 35.5. The molecule has 0 aliphatic heterocycles. The van der Waals surface area contributed by atoms with Gasteiger partial charge in [0.25, 0.3) is 0 Å². The van der Waals surface area contributed by atoms with Crippen molar-refractivity contribution < 1.29 is 4.79 Å². The Morgan fingerprint density at radius 2 is 1.89 bits per heavy atom. The summed E-state index contributed by atoms with van der Waals surface area (Å²) in [4.78, 5) is 19.2. The maximum Gasteiger partial charge on any atom is 0.324 e. The molecule has 0 spiro atoms. The Balaban J connectivity index is 2.03. The van der Waals surface area contributed by atoms with Gasteiger partial charge in [-0.1, -0.05) is 23.2 Å². The van der Waals surface area contributed by atoms with Gasteiger partial charge in [0, 0.05) is 11.8 Å². The van der Waals surface area contributed by atoms with Gasteiger partial charge in [0.05, 0.1) is 10.0 Å². The van der Waals surface area contributed by atoms with Gasteiger partial charge in [-0.05, 0) is 18.2 Å². The summed E-state index contributed by atoms with van der Waals surface area (Å²) < 4.78 is 0. The molecule has 4 N–H and O–H groups in total. The summed E-state index contributed by atoms with van der Waals surface area (Å²) in [5.41, 5.74) is 5.98. The molecule has 1 heterocycles. The minimum atomic E-state index is -0.475. The molecule has 0 saturated carbocycles. The van der Waals surface area contributed by atoms with E-state index in [9.17, 15) is 4.79 Å². The molecule has 19 heavy (non-hydrogen) atoms. The Kier molecular flexibility index (Phi) is 4.03. The molecule has 1 aromatic heterocycles. The van der Waals surface area contributed by atoms with Gasteiger partial charge < -0.3 is 11.1 Å². The Morgan fingerprint density at radius 1 is 1.11 bits per heavy atom. The first-order valence-corrected chi connectivity index (χ1v) is 5.91. The third-order valence-electron chi connectivity index (χ3n) is 2.11. The van der Waals surface area contributed by atoms with Crippen LogP contribution < -0.4 is 16.4 Å². The number of hydrogen-bond donors (Lipinski definition) is 3. The summed E-state index contributed by atoms with van der Waals surface area (Å²) in [5.74, 6) is 0.560. The van der Waals surface area contributed by atoms with Gasteiger partial charge in [-0.2, -0.15) is 0 Å². The van der Waals surface area contributed by atoms with Gasteiger partial charge in [-0.25, -0.2) is 14.8 Å². The van der Waals surface area contributed by atoms with Crippen LogP contribution in [0.2, 0.25) is 10.0 Å². The van der Waals surface area contributed by atoms with E-state index in [1.807, 2.05) is 0 Å². The molecule has 0 radical (unpaired) electrons. The first-order valence-electron chi connectivity index (χ1n) is 5.15. The summed E-state index contributed by atoms with van der Waals surface area (Å²) in [6.45, 7) is 0. The standard InChI is InChI=1S/C11H9Cl2N5O/c12-7-2-1-6(3-8(7)13)17-11(19)18-10-4-9(14)15-5-16-10/h1-5H,(H4,14,15,16,17,18,19). The third kappa shape index (κ3) is 3.70. The molecule has 6 nitrogen and oxygen atoms in total. The van der Waals surface area contributed by atoms with Gasteiger partial charge in [-0.3, -0.25) is 5.32 Å². The van der Waals surface area contributed by atoms with E-state index in [1.54, 1.807) is 12.1 Å². The SMILES string of the molecule is Nc1cc(NC(=O)Nc2ccc(Cl)c(Cl)c2)ncn1. The number of nitrogen functional groups attached to an aromatic ring is 1. The lowest BCUT2D eigenvalue weighted by Crippen LogP contribution is -2.20. The molecule has 0 bridgehead atoms. The van der Waals surface area contributed by atoms with Gasteiger partial charge >= 0.3 is 6.03 Å². The quantitative estimate of drug-likeness (QED) is 0.794. The van der Waals surface area contributed by atoms with Crippen LogP contribution >= 0.6 is 23.2 Å². The number of nitrogens with two attached hydrogens (primary N) is 1. The zero-order chi connectivity index (χ0) is 13.8. The number of carbonyl (C=O) groups excluding carboxylic acids is 1. The van der Waals surface area contributed by atoms with Crippen molar-refractivity contribution in [1.29, 1.82) is 0 Å². The fraction of sp³-hybridized carbons (Fsp3) is 0. The van der Waals surface area contributed by atoms with Crippen LogP contribution in [0.4, 0.5) is 22.1 Å². The monoisotopic (exact) mass is 297 g/mol. The zero-order valence-electron chi connectivity index (χ0n) is 9.52. The van der Waals surface area contributed by atoms with Gasteiger partial charge in [0.1, 0.15) is 18.0 Å². The first kappa shape index (κ1) is 13.4. The van der Waals surface area contributed by atoms with Crippen LogP contribution in [0, 0.1) is 0 Å². The van der Waals surface area contributed by atoms with Crippen LogP contribution in [0.1, 0.15) is 0 Å². The maximum absolute atomic E-state index is 11.7. The number of anilines is 3. The summed E-state index contributed by atoms with van der Waals surface area (Å²) in [7, 11) is 0. The molecule has 0 aliphatic rings. The van der Waals surface area contributed by atoms with Gasteiger partial charge in [0.2, 0.25) is 0 Å². The highest BCUT2D eigenvalue weighted by Crippen LogP contribution is 2.25. The van der Waals surface area contributed by atoms with Gasteiger partial charge in [-0.15, -0.1) is 0 Å². The number of halogens is 2. The number of rotatable bonds is 2. The lowest BCUT2D eigenvalue weighted by atomic mass is 10.3. The van der Waals surface area contributed by atoms with E-state index in [0.717, 1.165) is 0 Å². The first-order chi connectivity index (χ1) is 9.04. The molecule has 0 fully saturated rings. The zero-order valence-corrected chi connectivity index (χ0v) is 11.0. The number of nitrogens with one attached hydrogen (secondary N) is 2. The molecule has 1 aromatic carbocycles. The number of hydrogen-bond acceptors (Lipinski definition) is 4. The minimum absolute atomic E-state index is 0.264. The molecular formula is C11H9Cl2N5O. The maximum atomic E-state index is 11.7. The highest BCUT2D eigenvalue weighted by Gasteiger charge is 2.05. The van der Waals surface area contributed by atoms with E-state index in [-0.39, 0.29) is 5.82 Å². The average Bonchev–Trinajstić information content (AvgIpc) is 2.34. The second-order valence-corrected chi connectivity index (χ2v) is 4.35. The smallest absolute Gasteiger partial charge is 0.324 e. The van der Waals surface area contributed by atoms with Crippen LogP contribution in [-0.4, -0.2) is 16.0 Å². The Hall–Kier alpha value is -2.05. The average molecular weight is 298 g/mol. The highest BCUT2D eigenvalue weighted by molar-refractivity contribution is 6.42. The molecule has 0 saturated heterocycles. The second-order valence-electron chi connectivity index (χ2n) is 3.54. The van der Waals surface area contributed by atoms with Crippen molar-refractivity contribution in [1.82, 2.24) is 9.97 Å².